The predicted molar refractivity (Wildman–Crippen MR) is 128 cm³/mol. The Morgan fingerprint density at radius 2 is 1.31 bits per heavy atom. The van der Waals surface area contributed by atoms with Crippen LogP contribution in [0.1, 0.15) is 0 Å². The second kappa shape index (κ2) is 7.19. The fourth-order valence-corrected chi connectivity index (χ4v) is 5.04. The van der Waals surface area contributed by atoms with Crippen LogP contribution >= 0.6 is 0 Å². The van der Waals surface area contributed by atoms with Crippen LogP contribution in [0.5, 0.6) is 5.75 Å². The van der Waals surface area contributed by atoms with Gasteiger partial charge in [0.25, 0.3) is 5.56 Å². The number of hydrogen-bond donors (Lipinski definition) is 0. The first kappa shape index (κ1) is 21.4. The molecule has 6 rings (SSSR count). The lowest BCUT2D eigenvalue weighted by molar-refractivity contribution is -0.0500. The van der Waals surface area contributed by atoms with Gasteiger partial charge in [-0.2, -0.15) is 21.6 Å². The van der Waals surface area contributed by atoms with Gasteiger partial charge in [0.2, 0.25) is 0 Å². The second-order valence-corrected chi connectivity index (χ2v) is 9.67. The average Bonchev–Trinajstić information content (AvgIpc) is 3.16. The van der Waals surface area contributed by atoms with E-state index in [9.17, 15) is 26.4 Å². The smallest absolute Gasteiger partial charge is 0.376 e. The molecule has 5 nitrogen and oxygen atoms in total. The number of hydrogen-bond acceptors (Lipinski definition) is 4. The van der Waals surface area contributed by atoms with E-state index in [1.165, 1.54) is 16.5 Å². The van der Waals surface area contributed by atoms with Crippen LogP contribution in [0.15, 0.2) is 89.7 Å². The molecule has 6 aromatic rings. The summed E-state index contributed by atoms with van der Waals surface area (Å²) in [5, 5.41) is 2.23. The molecule has 174 valence electrons. The highest BCUT2D eigenvalue weighted by atomic mass is 32.2. The van der Waals surface area contributed by atoms with Crippen molar-refractivity contribution in [3.05, 3.63) is 95.3 Å². The lowest BCUT2D eigenvalue weighted by Gasteiger charge is -2.11. The highest BCUT2D eigenvalue weighted by Crippen LogP contribution is 2.39. The molecule has 2 heterocycles. The van der Waals surface area contributed by atoms with Crippen molar-refractivity contribution >= 4 is 48.1 Å². The van der Waals surface area contributed by atoms with Crippen LogP contribution in [-0.4, -0.2) is 18.3 Å². The maximum absolute atomic E-state index is 13.5. The first-order valence-electron chi connectivity index (χ1n) is 10.5. The zero-order chi connectivity index (χ0) is 24.5. The van der Waals surface area contributed by atoms with Crippen LogP contribution in [0.25, 0.3) is 49.1 Å². The Labute approximate surface area is 196 Å². The van der Waals surface area contributed by atoms with Crippen molar-refractivity contribution in [2.75, 3.05) is 0 Å². The van der Waals surface area contributed by atoms with Crippen LogP contribution in [0.2, 0.25) is 0 Å². The summed E-state index contributed by atoms with van der Waals surface area (Å²) in [4.78, 5) is 13.5. The van der Waals surface area contributed by atoms with Crippen LogP contribution in [0.4, 0.5) is 13.2 Å². The molecule has 0 fully saturated rings. The first-order chi connectivity index (χ1) is 16.7. The highest BCUT2D eigenvalue weighted by Gasteiger charge is 2.48. The van der Waals surface area contributed by atoms with E-state index in [1.54, 1.807) is 30.3 Å². The normalized spacial score (nSPS) is 12.8. The molecular formula is C26H14F3NO4S. The molecule has 9 heteroatoms. The summed E-state index contributed by atoms with van der Waals surface area (Å²) in [6.07, 6.45) is 0. The number of fused-ring (bicyclic) bond motifs is 5. The number of pyridine rings is 1. The summed E-state index contributed by atoms with van der Waals surface area (Å²) >= 11 is 0. The average molecular weight is 493 g/mol. The molecule has 0 amide bonds. The van der Waals surface area contributed by atoms with Gasteiger partial charge in [-0.1, -0.05) is 54.6 Å². The Bertz CT molecular complexity index is 1950. The van der Waals surface area contributed by atoms with Gasteiger partial charge in [0, 0.05) is 21.5 Å². The summed E-state index contributed by atoms with van der Waals surface area (Å²) in [6.45, 7) is 0. The lowest BCUT2D eigenvalue weighted by Crippen LogP contribution is -2.28. The summed E-state index contributed by atoms with van der Waals surface area (Å²) in [5.41, 5.74) is -3.09. The Morgan fingerprint density at radius 1 is 0.686 bits per heavy atom. The van der Waals surface area contributed by atoms with Crippen LogP contribution in [0.3, 0.4) is 0 Å². The third-order valence-electron chi connectivity index (χ3n) is 6.08. The standard InChI is InChI=1S/C26H14F3NO4S/c27-26(28,29)35(32,33)34-17-13-21-18-8-4-5-9-19(18)25(31)30-23-11-10-16(15-6-2-1-3-7-15)12-20(23)22(14-17)24(21)30/h1-14H. The van der Waals surface area contributed by atoms with Gasteiger partial charge in [0.1, 0.15) is 5.75 Å². The summed E-state index contributed by atoms with van der Waals surface area (Å²) in [7, 11) is -5.89. The fourth-order valence-electron chi connectivity index (χ4n) is 4.59. The minimum Gasteiger partial charge on any atom is -0.376 e. The zero-order valence-electron chi connectivity index (χ0n) is 17.7. The topological polar surface area (TPSA) is 64.9 Å². The lowest BCUT2D eigenvalue weighted by atomic mass is 10.0. The number of halogens is 3. The quantitative estimate of drug-likeness (QED) is 0.170. The fraction of sp³-hybridized carbons (Fsp3) is 0.0385. The largest absolute Gasteiger partial charge is 0.534 e. The van der Waals surface area contributed by atoms with Crippen molar-refractivity contribution in [3.8, 4) is 16.9 Å². The molecule has 0 spiro atoms. The van der Waals surface area contributed by atoms with Crippen LogP contribution in [0, 0.1) is 0 Å². The van der Waals surface area contributed by atoms with Crippen molar-refractivity contribution in [2.24, 2.45) is 0 Å². The highest BCUT2D eigenvalue weighted by molar-refractivity contribution is 7.88. The Kier molecular flexibility index (Phi) is 4.40. The SMILES string of the molecule is O=c1c2ccccc2c2cc(OS(=O)(=O)C(F)(F)F)cc3c4cc(-c5ccccc5)ccc4n1c23. The number of benzene rings is 4. The Balaban J connectivity index is 1.77. The van der Waals surface area contributed by atoms with Crippen molar-refractivity contribution in [2.45, 2.75) is 5.51 Å². The maximum Gasteiger partial charge on any atom is 0.534 e. The van der Waals surface area contributed by atoms with Gasteiger partial charge in [-0.15, -0.1) is 0 Å². The molecule has 0 aliphatic carbocycles. The van der Waals surface area contributed by atoms with Crippen molar-refractivity contribution in [1.82, 2.24) is 4.40 Å². The molecule has 0 aliphatic rings. The molecule has 0 bridgehead atoms. The Morgan fingerprint density at radius 3 is 2.00 bits per heavy atom. The molecule has 35 heavy (non-hydrogen) atoms. The van der Waals surface area contributed by atoms with Crippen molar-refractivity contribution < 1.29 is 25.8 Å². The van der Waals surface area contributed by atoms with E-state index in [0.717, 1.165) is 11.1 Å². The van der Waals surface area contributed by atoms with E-state index in [0.29, 0.717) is 38.0 Å². The summed E-state index contributed by atoms with van der Waals surface area (Å²) < 4.78 is 68.7. The van der Waals surface area contributed by atoms with Gasteiger partial charge in [-0.25, -0.2) is 0 Å². The maximum atomic E-state index is 13.5. The third-order valence-corrected chi connectivity index (χ3v) is 7.06. The van der Waals surface area contributed by atoms with Crippen molar-refractivity contribution in [3.63, 3.8) is 0 Å². The molecule has 0 unspecified atom stereocenters. The molecular weight excluding hydrogens is 479 g/mol. The van der Waals surface area contributed by atoms with Crippen molar-refractivity contribution in [1.29, 1.82) is 0 Å². The zero-order valence-corrected chi connectivity index (χ0v) is 18.5. The van der Waals surface area contributed by atoms with Crippen LogP contribution < -0.4 is 9.74 Å². The van der Waals surface area contributed by atoms with E-state index in [-0.39, 0.29) is 5.56 Å². The van der Waals surface area contributed by atoms with Gasteiger partial charge in [0.15, 0.2) is 0 Å². The molecule has 0 atom stereocenters. The van der Waals surface area contributed by atoms with E-state index < -0.39 is 21.4 Å². The monoisotopic (exact) mass is 493 g/mol. The van der Waals surface area contributed by atoms with Gasteiger partial charge in [0.05, 0.1) is 11.0 Å². The van der Waals surface area contributed by atoms with Gasteiger partial charge >= 0.3 is 15.6 Å². The van der Waals surface area contributed by atoms with E-state index in [2.05, 4.69) is 4.18 Å². The summed E-state index contributed by atoms with van der Waals surface area (Å²) in [5.74, 6) is -0.488. The molecule has 0 saturated carbocycles. The van der Waals surface area contributed by atoms with Crippen LogP contribution in [-0.2, 0) is 10.1 Å². The van der Waals surface area contributed by atoms with E-state index in [4.69, 9.17) is 0 Å². The van der Waals surface area contributed by atoms with E-state index >= 15 is 0 Å². The molecule has 2 aromatic heterocycles. The molecule has 0 N–H and O–H groups in total. The Hall–Kier alpha value is -4.11. The number of alkyl halides is 3. The second-order valence-electron chi connectivity index (χ2n) is 8.13. The minimum absolute atomic E-state index is 0.280. The molecule has 0 aliphatic heterocycles. The predicted octanol–water partition coefficient (Wildman–Crippen LogP) is 6.09. The number of rotatable bonds is 3. The van der Waals surface area contributed by atoms with Gasteiger partial charge < -0.3 is 4.18 Å². The number of nitrogens with zero attached hydrogens (tertiary/aromatic N) is 1. The van der Waals surface area contributed by atoms with Gasteiger partial charge in [-0.05, 0) is 46.8 Å². The summed E-state index contributed by atoms with van der Waals surface area (Å²) in [6, 6.07) is 24.1. The first-order valence-corrected chi connectivity index (χ1v) is 11.9. The molecule has 4 aromatic carbocycles. The third kappa shape index (κ3) is 3.15. The molecule has 0 saturated heterocycles. The minimum atomic E-state index is -5.89. The van der Waals surface area contributed by atoms with E-state index in [1.807, 2.05) is 42.5 Å². The number of aromatic nitrogens is 1. The molecule has 0 radical (unpaired) electrons. The van der Waals surface area contributed by atoms with Gasteiger partial charge in [-0.3, -0.25) is 9.20 Å².